The first kappa shape index (κ1) is 20.0. The van der Waals surface area contributed by atoms with E-state index in [1.54, 1.807) is 12.0 Å². The van der Waals surface area contributed by atoms with Crippen LogP contribution >= 0.6 is 12.2 Å². The second kappa shape index (κ2) is 7.46. The number of methoxy groups -OCH3 is 1. The van der Waals surface area contributed by atoms with Crippen LogP contribution in [0.4, 0.5) is 5.69 Å². The molecule has 3 aromatic carbocycles. The Morgan fingerprint density at radius 1 is 1.00 bits per heavy atom. The van der Waals surface area contributed by atoms with E-state index < -0.39 is 0 Å². The Morgan fingerprint density at radius 3 is 2.45 bits per heavy atom. The first-order valence-corrected chi connectivity index (χ1v) is 11.4. The number of anilines is 1. The van der Waals surface area contributed by atoms with Gasteiger partial charge in [-0.3, -0.25) is 9.69 Å². The van der Waals surface area contributed by atoms with Gasteiger partial charge in [-0.25, -0.2) is 0 Å². The molecule has 1 fully saturated rings. The van der Waals surface area contributed by atoms with E-state index in [0.29, 0.717) is 11.5 Å². The van der Waals surface area contributed by atoms with E-state index in [9.17, 15) is 4.79 Å². The van der Waals surface area contributed by atoms with Crippen molar-refractivity contribution in [2.24, 2.45) is 0 Å². The van der Waals surface area contributed by atoms with Gasteiger partial charge in [0.25, 0.3) is 5.91 Å². The zero-order chi connectivity index (χ0) is 22.7. The van der Waals surface area contributed by atoms with Crippen LogP contribution in [0.15, 0.2) is 72.8 Å². The van der Waals surface area contributed by atoms with Crippen molar-refractivity contribution in [2.45, 2.75) is 25.4 Å². The van der Waals surface area contributed by atoms with Crippen LogP contribution in [0.25, 0.3) is 10.9 Å². The number of hydrogen-bond acceptors (Lipinski definition) is 3. The molecule has 164 valence electrons. The minimum atomic E-state index is -0.349. The van der Waals surface area contributed by atoms with Crippen molar-refractivity contribution < 1.29 is 9.53 Å². The van der Waals surface area contributed by atoms with E-state index in [0.717, 1.165) is 39.2 Å². The van der Waals surface area contributed by atoms with Gasteiger partial charge in [-0.1, -0.05) is 48.0 Å². The summed E-state index contributed by atoms with van der Waals surface area (Å²) in [4.78, 5) is 21.2. The lowest BCUT2D eigenvalue weighted by Gasteiger charge is -2.37. The van der Waals surface area contributed by atoms with Gasteiger partial charge in [-0.15, -0.1) is 0 Å². The monoisotopic (exact) mass is 453 g/mol. The third kappa shape index (κ3) is 2.98. The summed E-state index contributed by atoms with van der Waals surface area (Å²) < 4.78 is 5.37. The predicted octanol–water partition coefficient (Wildman–Crippen LogP) is 5.13. The fourth-order valence-corrected chi connectivity index (χ4v) is 5.57. The van der Waals surface area contributed by atoms with E-state index in [1.165, 1.54) is 5.56 Å². The molecule has 2 atom stereocenters. The summed E-state index contributed by atoms with van der Waals surface area (Å²) in [7, 11) is 1.66. The average Bonchev–Trinajstić information content (AvgIpc) is 3.33. The predicted molar refractivity (Wildman–Crippen MR) is 134 cm³/mol. The maximum Gasteiger partial charge on any atom is 0.256 e. The number of H-pyrrole nitrogens is 1. The Hall–Kier alpha value is -3.64. The van der Waals surface area contributed by atoms with Crippen molar-refractivity contribution in [1.82, 2.24) is 9.88 Å². The standard InChI is InChI=1S/C27H23N3O2S/c1-16-7-11-18(12-8-16)29-26(31)23-15-21-20-5-3-4-6-22(20)28-24(21)25(30(23)27(29)33)17-9-13-19(32-2)14-10-17/h3-14,23,25,28H,15H2,1-2H3/t23-,25+/m1/s1. The number of rotatable bonds is 3. The molecular weight excluding hydrogens is 430 g/mol. The SMILES string of the molecule is COc1ccc([C@H]2c3[nH]c4ccccc4c3C[C@@H]3C(=O)N(c4ccc(C)cc4)C(=S)N23)cc1. The Labute approximate surface area is 197 Å². The van der Waals surface area contributed by atoms with Gasteiger partial charge in [0.15, 0.2) is 5.11 Å². The molecule has 5 nitrogen and oxygen atoms in total. The molecule has 0 radical (unpaired) electrons. The number of fused-ring (bicyclic) bond motifs is 4. The third-order valence-corrected chi connectivity index (χ3v) is 7.17. The first-order valence-electron chi connectivity index (χ1n) is 11.0. The molecule has 33 heavy (non-hydrogen) atoms. The fraction of sp³-hybridized carbons (Fsp3) is 0.185. The molecule has 0 bridgehead atoms. The minimum Gasteiger partial charge on any atom is -0.497 e. The van der Waals surface area contributed by atoms with E-state index in [2.05, 4.69) is 34.1 Å². The quantitative estimate of drug-likeness (QED) is 0.437. The Morgan fingerprint density at radius 2 is 1.73 bits per heavy atom. The summed E-state index contributed by atoms with van der Waals surface area (Å²) in [5.74, 6) is 0.822. The van der Waals surface area contributed by atoms with Crippen molar-refractivity contribution in [1.29, 1.82) is 0 Å². The van der Waals surface area contributed by atoms with Gasteiger partial charge >= 0.3 is 0 Å². The number of thiocarbonyl (C=S) groups is 1. The number of carbonyl (C=O) groups is 1. The normalized spacial score (nSPS) is 19.7. The zero-order valence-corrected chi connectivity index (χ0v) is 19.2. The molecule has 4 aromatic rings. The summed E-state index contributed by atoms with van der Waals surface area (Å²) in [6, 6.07) is 23.7. The second-order valence-corrected chi connectivity index (χ2v) is 9.02. The number of para-hydroxylation sites is 1. The smallest absolute Gasteiger partial charge is 0.256 e. The van der Waals surface area contributed by atoms with Gasteiger partial charge in [0, 0.05) is 23.0 Å². The number of nitrogens with one attached hydrogen (secondary N) is 1. The number of hydrogen-bond donors (Lipinski definition) is 1. The molecule has 0 spiro atoms. The number of nitrogens with zero attached hydrogens (tertiary/aromatic N) is 2. The number of aromatic amines is 1. The fourth-order valence-electron chi connectivity index (χ4n) is 5.14. The molecule has 3 heterocycles. The largest absolute Gasteiger partial charge is 0.497 e. The van der Waals surface area contributed by atoms with Crippen LogP contribution in [0.5, 0.6) is 5.75 Å². The van der Waals surface area contributed by atoms with E-state index >= 15 is 0 Å². The molecule has 1 amide bonds. The minimum absolute atomic E-state index is 0.0262. The van der Waals surface area contributed by atoms with Gasteiger partial charge in [0.05, 0.1) is 18.8 Å². The van der Waals surface area contributed by atoms with Crippen molar-refractivity contribution in [2.75, 3.05) is 12.0 Å². The number of ether oxygens (including phenoxy) is 1. The highest BCUT2D eigenvalue weighted by Crippen LogP contribution is 2.45. The van der Waals surface area contributed by atoms with Gasteiger partial charge in [-0.2, -0.15) is 0 Å². The molecule has 1 saturated heterocycles. The Bertz CT molecular complexity index is 1390. The number of aryl methyl sites for hydroxylation is 1. The van der Waals surface area contributed by atoms with Crippen LogP contribution in [0, 0.1) is 6.92 Å². The van der Waals surface area contributed by atoms with Crippen LogP contribution in [0.3, 0.4) is 0 Å². The average molecular weight is 454 g/mol. The molecule has 2 aliphatic heterocycles. The number of aromatic nitrogens is 1. The van der Waals surface area contributed by atoms with Gasteiger partial charge < -0.3 is 14.6 Å². The topological polar surface area (TPSA) is 48.6 Å². The van der Waals surface area contributed by atoms with Crippen LogP contribution in [0.2, 0.25) is 0 Å². The summed E-state index contributed by atoms with van der Waals surface area (Å²) in [6.45, 7) is 2.04. The van der Waals surface area contributed by atoms with Gasteiger partial charge in [0.2, 0.25) is 0 Å². The lowest BCUT2D eigenvalue weighted by molar-refractivity contribution is -0.120. The zero-order valence-electron chi connectivity index (χ0n) is 18.4. The number of benzene rings is 3. The van der Waals surface area contributed by atoms with Gasteiger partial charge in [0.1, 0.15) is 11.8 Å². The molecular formula is C27H23N3O2S. The first-order chi connectivity index (χ1) is 16.1. The summed E-state index contributed by atoms with van der Waals surface area (Å²) >= 11 is 5.96. The lowest BCUT2D eigenvalue weighted by atomic mass is 9.89. The molecule has 0 unspecified atom stereocenters. The molecule has 6 heteroatoms. The highest BCUT2D eigenvalue weighted by molar-refractivity contribution is 7.80. The van der Waals surface area contributed by atoms with Crippen LogP contribution in [-0.4, -0.2) is 34.1 Å². The lowest BCUT2D eigenvalue weighted by Crippen LogP contribution is -2.44. The van der Waals surface area contributed by atoms with Crippen LogP contribution < -0.4 is 9.64 Å². The summed E-state index contributed by atoms with van der Waals surface area (Å²) in [5.41, 5.74) is 6.39. The molecule has 0 aliphatic carbocycles. The van der Waals surface area contributed by atoms with Crippen LogP contribution in [0.1, 0.15) is 28.4 Å². The molecule has 6 rings (SSSR count). The number of amides is 1. The Kier molecular flexibility index (Phi) is 4.52. The van der Waals surface area contributed by atoms with E-state index in [-0.39, 0.29) is 18.0 Å². The molecule has 2 aliphatic rings. The summed E-state index contributed by atoms with van der Waals surface area (Å²) in [5, 5.41) is 1.71. The third-order valence-electron chi connectivity index (χ3n) is 6.77. The second-order valence-electron chi connectivity index (χ2n) is 8.66. The van der Waals surface area contributed by atoms with Gasteiger partial charge in [-0.05, 0) is 60.6 Å². The molecule has 0 saturated carbocycles. The maximum absolute atomic E-state index is 13.7. The van der Waals surface area contributed by atoms with Crippen molar-refractivity contribution in [3.63, 3.8) is 0 Å². The Balaban J connectivity index is 1.53. The van der Waals surface area contributed by atoms with Crippen molar-refractivity contribution in [3.8, 4) is 5.75 Å². The molecule has 1 N–H and O–H groups in total. The van der Waals surface area contributed by atoms with Crippen molar-refractivity contribution >= 4 is 39.8 Å². The van der Waals surface area contributed by atoms with E-state index in [4.69, 9.17) is 17.0 Å². The molecule has 1 aromatic heterocycles. The highest BCUT2D eigenvalue weighted by atomic mass is 32.1. The number of carbonyl (C=O) groups excluding carboxylic acids is 1. The maximum atomic E-state index is 13.7. The van der Waals surface area contributed by atoms with Crippen molar-refractivity contribution in [3.05, 3.63) is 95.2 Å². The summed E-state index contributed by atoms with van der Waals surface area (Å²) in [6.07, 6.45) is 0.618. The van der Waals surface area contributed by atoms with Crippen LogP contribution in [-0.2, 0) is 11.2 Å². The highest BCUT2D eigenvalue weighted by Gasteiger charge is 2.50. The van der Waals surface area contributed by atoms with E-state index in [1.807, 2.05) is 55.5 Å².